The summed E-state index contributed by atoms with van der Waals surface area (Å²) in [5.74, 6) is -0.249. The molecule has 1 aliphatic carbocycles. The van der Waals surface area contributed by atoms with Crippen LogP contribution < -0.4 is 10.6 Å². The Kier molecular flexibility index (Phi) is 5.06. The number of amides is 1. The minimum atomic E-state index is -0.420. The molecule has 21 heavy (non-hydrogen) atoms. The van der Waals surface area contributed by atoms with Crippen LogP contribution in [0, 0.1) is 10.1 Å². The van der Waals surface area contributed by atoms with Crippen LogP contribution in [0.25, 0.3) is 0 Å². The van der Waals surface area contributed by atoms with Crippen LogP contribution in [0.3, 0.4) is 0 Å². The Hall–Kier alpha value is -1.76. The molecule has 0 aromatic heterocycles. The van der Waals surface area contributed by atoms with Crippen LogP contribution >= 0.6 is 11.8 Å². The van der Waals surface area contributed by atoms with Crippen molar-refractivity contribution in [1.29, 1.82) is 0 Å². The second-order valence-electron chi connectivity index (χ2n) is 5.08. The Labute approximate surface area is 127 Å². The SMILES string of the molecule is CNC(=O)c1ccc([N+](=O)[O-])c(NC2CCC(SC)C2)c1. The number of nitro benzene ring substituents is 1. The van der Waals surface area contributed by atoms with Crippen LogP contribution in [-0.4, -0.2) is 35.4 Å². The lowest BCUT2D eigenvalue weighted by Gasteiger charge is -2.15. The summed E-state index contributed by atoms with van der Waals surface area (Å²) in [7, 11) is 1.54. The molecule has 2 unspecified atom stereocenters. The molecule has 1 aliphatic rings. The number of rotatable bonds is 5. The molecule has 1 fully saturated rings. The van der Waals surface area contributed by atoms with E-state index >= 15 is 0 Å². The molecular weight excluding hydrogens is 290 g/mol. The molecule has 2 N–H and O–H groups in total. The molecule has 6 nitrogen and oxygen atoms in total. The van der Waals surface area contributed by atoms with E-state index in [0.717, 1.165) is 19.3 Å². The highest BCUT2D eigenvalue weighted by atomic mass is 32.2. The molecule has 7 heteroatoms. The van der Waals surface area contributed by atoms with Crippen molar-refractivity contribution in [3.05, 3.63) is 33.9 Å². The molecule has 114 valence electrons. The van der Waals surface area contributed by atoms with E-state index in [2.05, 4.69) is 16.9 Å². The minimum absolute atomic E-state index is 0.00949. The molecule has 0 radical (unpaired) electrons. The highest BCUT2D eigenvalue weighted by Gasteiger charge is 2.26. The van der Waals surface area contributed by atoms with Crippen LogP contribution in [0.15, 0.2) is 18.2 Å². The lowest BCUT2D eigenvalue weighted by molar-refractivity contribution is -0.384. The summed E-state index contributed by atoms with van der Waals surface area (Å²) in [4.78, 5) is 22.4. The predicted octanol–water partition coefficient (Wildman–Crippen LogP) is 2.65. The Morgan fingerprint density at radius 2 is 2.19 bits per heavy atom. The zero-order valence-electron chi connectivity index (χ0n) is 12.1. The Bertz CT molecular complexity index is 550. The molecular formula is C14H19N3O3S. The third-order valence-corrected chi connectivity index (χ3v) is 4.85. The third-order valence-electron chi connectivity index (χ3n) is 3.76. The number of thioether (sulfide) groups is 1. The summed E-state index contributed by atoms with van der Waals surface area (Å²) in [6, 6.07) is 4.64. The quantitative estimate of drug-likeness (QED) is 0.645. The van der Waals surface area contributed by atoms with E-state index in [9.17, 15) is 14.9 Å². The lowest BCUT2D eigenvalue weighted by Crippen LogP contribution is -2.20. The van der Waals surface area contributed by atoms with Crippen molar-refractivity contribution in [3.8, 4) is 0 Å². The lowest BCUT2D eigenvalue weighted by atomic mass is 10.1. The summed E-state index contributed by atoms with van der Waals surface area (Å²) < 4.78 is 0. The number of nitrogens with zero attached hydrogens (tertiary/aromatic N) is 1. The van der Waals surface area contributed by atoms with E-state index in [1.165, 1.54) is 19.2 Å². The predicted molar refractivity (Wildman–Crippen MR) is 85.1 cm³/mol. The number of benzene rings is 1. The van der Waals surface area contributed by atoms with Crippen LogP contribution in [0.5, 0.6) is 0 Å². The minimum Gasteiger partial charge on any atom is -0.377 e. The van der Waals surface area contributed by atoms with E-state index in [4.69, 9.17) is 0 Å². The van der Waals surface area contributed by atoms with Gasteiger partial charge in [-0.25, -0.2) is 0 Å². The Balaban J connectivity index is 2.22. The first-order valence-electron chi connectivity index (χ1n) is 6.85. The maximum absolute atomic E-state index is 11.7. The van der Waals surface area contributed by atoms with Gasteiger partial charge in [0.15, 0.2) is 0 Å². The van der Waals surface area contributed by atoms with Gasteiger partial charge in [-0.3, -0.25) is 14.9 Å². The summed E-state index contributed by atoms with van der Waals surface area (Å²) in [5.41, 5.74) is 0.855. The highest BCUT2D eigenvalue weighted by Crippen LogP contribution is 2.33. The van der Waals surface area contributed by atoms with Gasteiger partial charge in [0.25, 0.3) is 11.6 Å². The normalized spacial score (nSPS) is 21.0. The van der Waals surface area contributed by atoms with Crippen LogP contribution in [0.4, 0.5) is 11.4 Å². The highest BCUT2D eigenvalue weighted by molar-refractivity contribution is 7.99. The standard InChI is InChI=1S/C14H19N3O3S/c1-15-14(18)9-3-6-13(17(19)20)12(7-9)16-10-4-5-11(8-10)21-2/h3,6-7,10-11,16H,4-5,8H2,1-2H3,(H,15,18). The molecule has 0 spiro atoms. The number of hydrogen-bond donors (Lipinski definition) is 2. The molecule has 0 aliphatic heterocycles. The molecule has 1 saturated carbocycles. The summed E-state index contributed by atoms with van der Waals surface area (Å²) in [6.07, 6.45) is 5.18. The number of nitro groups is 1. The molecule has 0 heterocycles. The average molecular weight is 309 g/mol. The first-order chi connectivity index (χ1) is 10.0. The van der Waals surface area contributed by atoms with Crippen molar-refractivity contribution in [2.24, 2.45) is 0 Å². The van der Waals surface area contributed by atoms with Gasteiger partial charge in [-0.15, -0.1) is 0 Å². The number of nitrogens with one attached hydrogen (secondary N) is 2. The van der Waals surface area contributed by atoms with E-state index in [-0.39, 0.29) is 17.6 Å². The van der Waals surface area contributed by atoms with E-state index in [1.807, 2.05) is 11.8 Å². The molecule has 2 atom stereocenters. The van der Waals surface area contributed by atoms with Gasteiger partial charge in [0.05, 0.1) is 4.92 Å². The second-order valence-corrected chi connectivity index (χ2v) is 6.22. The number of carbonyl (C=O) groups is 1. The topological polar surface area (TPSA) is 84.3 Å². The molecule has 2 rings (SSSR count). The zero-order chi connectivity index (χ0) is 15.4. The van der Waals surface area contributed by atoms with Gasteiger partial charge in [0.1, 0.15) is 5.69 Å². The van der Waals surface area contributed by atoms with Crippen molar-refractivity contribution in [2.75, 3.05) is 18.6 Å². The first kappa shape index (κ1) is 15.6. The molecule has 1 aromatic carbocycles. The molecule has 0 saturated heterocycles. The number of anilines is 1. The van der Waals surface area contributed by atoms with Gasteiger partial charge in [0.2, 0.25) is 0 Å². The van der Waals surface area contributed by atoms with Crippen molar-refractivity contribution in [3.63, 3.8) is 0 Å². The monoisotopic (exact) mass is 309 g/mol. The van der Waals surface area contributed by atoms with E-state index < -0.39 is 4.92 Å². The maximum atomic E-state index is 11.7. The maximum Gasteiger partial charge on any atom is 0.292 e. The summed E-state index contributed by atoms with van der Waals surface area (Å²) >= 11 is 1.83. The van der Waals surface area contributed by atoms with Crippen molar-refractivity contribution in [1.82, 2.24) is 5.32 Å². The fraction of sp³-hybridized carbons (Fsp3) is 0.500. The largest absolute Gasteiger partial charge is 0.377 e. The number of hydrogen-bond acceptors (Lipinski definition) is 5. The summed E-state index contributed by atoms with van der Waals surface area (Å²) in [6.45, 7) is 0. The fourth-order valence-electron chi connectivity index (χ4n) is 2.60. The molecule has 1 aromatic rings. The zero-order valence-corrected chi connectivity index (χ0v) is 12.9. The molecule has 0 bridgehead atoms. The van der Waals surface area contributed by atoms with Gasteiger partial charge in [-0.2, -0.15) is 11.8 Å². The van der Waals surface area contributed by atoms with Crippen molar-refractivity contribution in [2.45, 2.75) is 30.6 Å². The average Bonchev–Trinajstić information content (AvgIpc) is 2.93. The van der Waals surface area contributed by atoms with Crippen LogP contribution in [0.1, 0.15) is 29.6 Å². The third kappa shape index (κ3) is 3.66. The van der Waals surface area contributed by atoms with Crippen LogP contribution in [0.2, 0.25) is 0 Å². The van der Waals surface area contributed by atoms with Gasteiger partial charge >= 0.3 is 0 Å². The van der Waals surface area contributed by atoms with Gasteiger partial charge < -0.3 is 10.6 Å². The van der Waals surface area contributed by atoms with Gasteiger partial charge in [-0.1, -0.05) is 0 Å². The second kappa shape index (κ2) is 6.80. The Morgan fingerprint density at radius 1 is 1.43 bits per heavy atom. The van der Waals surface area contributed by atoms with Gasteiger partial charge in [-0.05, 0) is 37.7 Å². The first-order valence-corrected chi connectivity index (χ1v) is 8.13. The smallest absolute Gasteiger partial charge is 0.292 e. The van der Waals surface area contributed by atoms with Crippen molar-refractivity contribution >= 4 is 29.0 Å². The van der Waals surface area contributed by atoms with Gasteiger partial charge in [0, 0.05) is 30.0 Å². The number of carbonyl (C=O) groups excluding carboxylic acids is 1. The van der Waals surface area contributed by atoms with Crippen LogP contribution in [-0.2, 0) is 0 Å². The summed E-state index contributed by atoms with van der Waals surface area (Å²) in [5, 5.41) is 17.5. The Morgan fingerprint density at radius 3 is 2.76 bits per heavy atom. The fourth-order valence-corrected chi connectivity index (χ4v) is 3.40. The van der Waals surface area contributed by atoms with E-state index in [0.29, 0.717) is 16.5 Å². The molecule has 1 amide bonds. The van der Waals surface area contributed by atoms with E-state index in [1.54, 1.807) is 6.07 Å². The van der Waals surface area contributed by atoms with Crippen molar-refractivity contribution < 1.29 is 9.72 Å².